The van der Waals surface area contributed by atoms with Crippen LogP contribution >= 0.6 is 11.6 Å². The predicted molar refractivity (Wildman–Crippen MR) is 126 cm³/mol. The van der Waals surface area contributed by atoms with E-state index in [0.29, 0.717) is 11.6 Å². The lowest BCUT2D eigenvalue weighted by Gasteiger charge is -2.16. The zero-order chi connectivity index (χ0) is 22.4. The van der Waals surface area contributed by atoms with Crippen LogP contribution in [0.1, 0.15) is 23.6 Å². The molecule has 0 heterocycles. The molecule has 0 saturated heterocycles. The van der Waals surface area contributed by atoms with Crippen LogP contribution in [0.15, 0.2) is 66.7 Å². The van der Waals surface area contributed by atoms with Crippen LogP contribution in [0.3, 0.4) is 0 Å². The molecule has 0 aliphatic carbocycles. The van der Waals surface area contributed by atoms with Crippen LogP contribution in [0.25, 0.3) is 11.1 Å². The van der Waals surface area contributed by atoms with Crippen LogP contribution in [0.5, 0.6) is 11.5 Å². The van der Waals surface area contributed by atoms with Gasteiger partial charge in [0.15, 0.2) is 11.6 Å². The first-order valence-corrected chi connectivity index (χ1v) is 10.5. The Kier molecular flexibility index (Phi) is 7.72. The van der Waals surface area contributed by atoms with Crippen molar-refractivity contribution in [1.82, 2.24) is 4.90 Å². The number of hydrogen-bond acceptors (Lipinski definition) is 3. The number of benzene rings is 3. The normalized spacial score (nSPS) is 12.0. The van der Waals surface area contributed by atoms with Gasteiger partial charge < -0.3 is 14.4 Å². The van der Waals surface area contributed by atoms with Crippen molar-refractivity contribution in [3.05, 3.63) is 94.3 Å². The summed E-state index contributed by atoms with van der Waals surface area (Å²) in [6.07, 6.45) is 0. The average Bonchev–Trinajstić information content (AvgIpc) is 2.76. The highest BCUT2D eigenvalue weighted by Gasteiger charge is 2.13. The fraction of sp³-hybridized carbons (Fsp3) is 0.231. The molecular weight excluding hydrogens is 413 g/mol. The zero-order valence-electron chi connectivity index (χ0n) is 18.3. The lowest BCUT2D eigenvalue weighted by molar-refractivity contribution is 0.261. The number of nitrogens with zero attached hydrogens (tertiary/aromatic N) is 1. The molecule has 0 radical (unpaired) electrons. The van der Waals surface area contributed by atoms with Crippen molar-refractivity contribution in [1.29, 1.82) is 0 Å². The Labute approximate surface area is 188 Å². The van der Waals surface area contributed by atoms with Crippen molar-refractivity contribution >= 4 is 22.7 Å². The van der Waals surface area contributed by atoms with Crippen LogP contribution in [0.4, 0.5) is 4.39 Å². The minimum absolute atomic E-state index is 0.219. The fourth-order valence-electron chi connectivity index (χ4n) is 3.32. The van der Waals surface area contributed by atoms with E-state index in [1.165, 1.54) is 13.2 Å². The van der Waals surface area contributed by atoms with Crippen molar-refractivity contribution in [2.45, 2.75) is 6.92 Å². The summed E-state index contributed by atoms with van der Waals surface area (Å²) < 4.78 is 25.0. The average molecular weight is 440 g/mol. The summed E-state index contributed by atoms with van der Waals surface area (Å²) in [5.41, 5.74) is 4.97. The van der Waals surface area contributed by atoms with Gasteiger partial charge in [0.1, 0.15) is 12.4 Å². The van der Waals surface area contributed by atoms with Gasteiger partial charge in [-0.15, -0.1) is 0 Å². The number of hydrogen-bond donors (Lipinski definition) is 0. The quantitative estimate of drug-likeness (QED) is 0.379. The highest BCUT2D eigenvalue weighted by atomic mass is 35.5. The molecule has 0 N–H and O–H groups in total. The molecule has 0 aromatic heterocycles. The summed E-state index contributed by atoms with van der Waals surface area (Å²) >= 11 is 6.11. The summed E-state index contributed by atoms with van der Waals surface area (Å²) in [5.74, 6) is 0.658. The van der Waals surface area contributed by atoms with E-state index in [4.69, 9.17) is 21.1 Å². The third-order valence-corrected chi connectivity index (χ3v) is 5.29. The van der Waals surface area contributed by atoms with Crippen LogP contribution < -0.4 is 9.47 Å². The third kappa shape index (κ3) is 5.87. The highest BCUT2D eigenvalue weighted by Crippen LogP contribution is 2.35. The SMILES string of the molecule is COc1cc(/C(C)=C(\c2ccc(Cl)cc2)c2ccc(OCCN(C)C)cc2)ccc1F. The second-order valence-electron chi connectivity index (χ2n) is 7.53. The van der Waals surface area contributed by atoms with Gasteiger partial charge in [-0.1, -0.05) is 41.9 Å². The Balaban J connectivity index is 2.03. The molecule has 0 atom stereocenters. The monoisotopic (exact) mass is 439 g/mol. The first-order valence-electron chi connectivity index (χ1n) is 10.1. The van der Waals surface area contributed by atoms with Gasteiger partial charge in [-0.05, 0) is 85.3 Å². The Morgan fingerprint density at radius 1 is 0.903 bits per heavy atom. The molecule has 0 spiro atoms. The molecule has 3 aromatic rings. The first-order chi connectivity index (χ1) is 14.9. The van der Waals surface area contributed by atoms with Gasteiger partial charge in [0.25, 0.3) is 0 Å². The number of methoxy groups -OCH3 is 1. The molecule has 0 aliphatic heterocycles. The molecule has 0 aliphatic rings. The van der Waals surface area contributed by atoms with Crippen LogP contribution in [0, 0.1) is 5.82 Å². The standard InChI is InChI=1S/C26H27ClFNO2/c1-18(21-9-14-24(28)25(17-21)30-4)26(19-5-10-22(27)11-6-19)20-7-12-23(13-8-20)31-16-15-29(2)3/h5-14,17H,15-16H2,1-4H3/b26-18+. The Morgan fingerprint density at radius 3 is 2.06 bits per heavy atom. The van der Waals surface area contributed by atoms with Crippen LogP contribution in [0.2, 0.25) is 5.02 Å². The lowest BCUT2D eigenvalue weighted by Crippen LogP contribution is -2.19. The molecule has 3 rings (SSSR count). The molecule has 31 heavy (non-hydrogen) atoms. The molecular formula is C26H27ClFNO2. The van der Waals surface area contributed by atoms with Crippen molar-refractivity contribution in [3.8, 4) is 11.5 Å². The summed E-state index contributed by atoms with van der Waals surface area (Å²) in [7, 11) is 5.50. The van der Waals surface area contributed by atoms with E-state index in [2.05, 4.69) is 4.90 Å². The third-order valence-electron chi connectivity index (χ3n) is 5.04. The van der Waals surface area contributed by atoms with Gasteiger partial charge in [-0.2, -0.15) is 0 Å². The molecule has 5 heteroatoms. The summed E-state index contributed by atoms with van der Waals surface area (Å²) in [6.45, 7) is 3.50. The molecule has 0 unspecified atom stereocenters. The maximum Gasteiger partial charge on any atom is 0.165 e. The van der Waals surface area contributed by atoms with Crippen molar-refractivity contribution in [2.75, 3.05) is 34.4 Å². The molecule has 162 valence electrons. The number of likely N-dealkylation sites (N-methyl/N-ethyl adjacent to an activating group) is 1. The first kappa shape index (κ1) is 22.9. The lowest BCUT2D eigenvalue weighted by atomic mass is 9.90. The molecule has 0 amide bonds. The maximum atomic E-state index is 13.9. The van der Waals surface area contributed by atoms with E-state index >= 15 is 0 Å². The maximum absolute atomic E-state index is 13.9. The Morgan fingerprint density at radius 2 is 1.48 bits per heavy atom. The van der Waals surface area contributed by atoms with E-state index < -0.39 is 0 Å². The molecule has 3 aromatic carbocycles. The van der Waals surface area contributed by atoms with E-state index in [9.17, 15) is 4.39 Å². The van der Waals surface area contributed by atoms with Crippen LogP contribution in [-0.2, 0) is 0 Å². The summed E-state index contributed by atoms with van der Waals surface area (Å²) in [5, 5.41) is 0.675. The Hall–Kier alpha value is -2.82. The van der Waals surface area contributed by atoms with Gasteiger partial charge in [0, 0.05) is 11.6 Å². The van der Waals surface area contributed by atoms with Gasteiger partial charge >= 0.3 is 0 Å². The van der Waals surface area contributed by atoms with E-state index in [1.54, 1.807) is 12.1 Å². The minimum atomic E-state index is -0.383. The second kappa shape index (κ2) is 10.5. The van der Waals surface area contributed by atoms with Crippen LogP contribution in [-0.4, -0.2) is 39.3 Å². The molecule has 0 saturated carbocycles. The van der Waals surface area contributed by atoms with E-state index in [1.807, 2.05) is 69.6 Å². The molecule has 0 bridgehead atoms. The van der Waals surface area contributed by atoms with Crippen molar-refractivity contribution in [2.24, 2.45) is 0 Å². The number of halogens is 2. The fourth-order valence-corrected chi connectivity index (χ4v) is 3.44. The molecule has 0 fully saturated rings. The van der Waals surface area contributed by atoms with Gasteiger partial charge in [0.2, 0.25) is 0 Å². The van der Waals surface area contributed by atoms with Gasteiger partial charge in [-0.25, -0.2) is 4.39 Å². The van der Waals surface area contributed by atoms with Crippen molar-refractivity contribution < 1.29 is 13.9 Å². The summed E-state index contributed by atoms with van der Waals surface area (Å²) in [4.78, 5) is 2.08. The minimum Gasteiger partial charge on any atom is -0.494 e. The largest absolute Gasteiger partial charge is 0.494 e. The van der Waals surface area contributed by atoms with Crippen molar-refractivity contribution in [3.63, 3.8) is 0 Å². The zero-order valence-corrected chi connectivity index (χ0v) is 19.0. The topological polar surface area (TPSA) is 21.7 Å². The second-order valence-corrected chi connectivity index (χ2v) is 7.97. The smallest absolute Gasteiger partial charge is 0.165 e. The van der Waals surface area contributed by atoms with E-state index in [-0.39, 0.29) is 11.6 Å². The molecule has 3 nitrogen and oxygen atoms in total. The van der Waals surface area contributed by atoms with Gasteiger partial charge in [-0.3, -0.25) is 0 Å². The number of ether oxygens (including phenoxy) is 2. The summed E-state index contributed by atoms with van der Waals surface area (Å²) in [6, 6.07) is 20.7. The van der Waals surface area contributed by atoms with Gasteiger partial charge in [0.05, 0.1) is 7.11 Å². The Bertz CT molecular complexity index is 1040. The highest BCUT2D eigenvalue weighted by molar-refractivity contribution is 6.30. The predicted octanol–water partition coefficient (Wildman–Crippen LogP) is 6.41. The number of rotatable bonds is 8. The number of allylic oxidation sites excluding steroid dienone is 1. The van der Waals surface area contributed by atoms with E-state index in [0.717, 1.165) is 40.1 Å².